The topological polar surface area (TPSA) is 113 Å². The molecule has 3 rings (SSSR count). The summed E-state index contributed by atoms with van der Waals surface area (Å²) in [5.74, 6) is -2.66. The summed E-state index contributed by atoms with van der Waals surface area (Å²) in [6.07, 6.45) is 1.35. The van der Waals surface area contributed by atoms with Crippen molar-refractivity contribution in [2.75, 3.05) is 25.1 Å². The van der Waals surface area contributed by atoms with Gasteiger partial charge in [0.1, 0.15) is 18.2 Å². The van der Waals surface area contributed by atoms with Crippen LogP contribution in [0.1, 0.15) is 18.4 Å². The maximum atomic E-state index is 13.7. The van der Waals surface area contributed by atoms with E-state index in [0.29, 0.717) is 23.6 Å². The van der Waals surface area contributed by atoms with Crippen molar-refractivity contribution < 1.29 is 32.6 Å². The van der Waals surface area contributed by atoms with Gasteiger partial charge < -0.3 is 20.5 Å². The monoisotopic (exact) mass is 490 g/mol. The van der Waals surface area contributed by atoms with Crippen LogP contribution in [0.15, 0.2) is 48.7 Å². The molecule has 2 amide bonds. The number of fused-ring (bicyclic) bond motifs is 1. The van der Waals surface area contributed by atoms with Crippen molar-refractivity contribution in [1.82, 2.24) is 15.6 Å². The van der Waals surface area contributed by atoms with Gasteiger partial charge in [-0.1, -0.05) is 12.1 Å². The summed E-state index contributed by atoms with van der Waals surface area (Å²) in [4.78, 5) is 28.5. The van der Waals surface area contributed by atoms with Crippen LogP contribution in [-0.2, 0) is 16.1 Å². The van der Waals surface area contributed by atoms with E-state index in [-0.39, 0.29) is 37.7 Å². The maximum Gasteiger partial charge on any atom is 0.412 e. The molecule has 2 aromatic carbocycles. The van der Waals surface area contributed by atoms with Crippen LogP contribution < -0.4 is 16.0 Å². The molecule has 0 unspecified atom stereocenters. The molecule has 0 saturated heterocycles. The molecule has 1 atom stereocenters. The Morgan fingerprint density at radius 2 is 1.91 bits per heavy atom. The van der Waals surface area contributed by atoms with E-state index in [4.69, 9.17) is 9.84 Å². The molecule has 11 heteroatoms. The Morgan fingerprint density at radius 1 is 1.09 bits per heavy atom. The lowest BCUT2D eigenvalue weighted by atomic mass is 10.1. The molecule has 0 saturated carbocycles. The van der Waals surface area contributed by atoms with Gasteiger partial charge in [-0.3, -0.25) is 10.1 Å². The first kappa shape index (κ1) is 25.9. The number of aromatic nitrogens is 1. The number of halogens is 3. The molecule has 3 aromatic rings. The van der Waals surface area contributed by atoms with Crippen molar-refractivity contribution in [1.29, 1.82) is 0 Å². The summed E-state index contributed by atoms with van der Waals surface area (Å²) in [5, 5.41) is 18.2. The van der Waals surface area contributed by atoms with E-state index in [9.17, 15) is 22.8 Å². The molecule has 1 aromatic heterocycles. The average Bonchev–Trinajstić information content (AvgIpc) is 2.83. The molecule has 0 spiro atoms. The van der Waals surface area contributed by atoms with Crippen molar-refractivity contribution in [2.24, 2.45) is 0 Å². The van der Waals surface area contributed by atoms with Gasteiger partial charge in [0.15, 0.2) is 11.6 Å². The number of amides is 2. The van der Waals surface area contributed by atoms with Gasteiger partial charge >= 0.3 is 6.09 Å². The largest absolute Gasteiger partial charge is 0.447 e. The van der Waals surface area contributed by atoms with Crippen LogP contribution in [0.2, 0.25) is 0 Å². The highest BCUT2D eigenvalue weighted by Gasteiger charge is 2.16. The van der Waals surface area contributed by atoms with Crippen LogP contribution in [0.3, 0.4) is 0 Å². The molecular formula is C24H25F3N4O4. The van der Waals surface area contributed by atoms with Gasteiger partial charge in [-0.15, -0.1) is 0 Å². The average molecular weight is 490 g/mol. The second kappa shape index (κ2) is 12.7. The quantitative estimate of drug-likeness (QED) is 0.328. The highest BCUT2D eigenvalue weighted by molar-refractivity contribution is 5.89. The minimum Gasteiger partial charge on any atom is -0.447 e. The first-order valence-electron chi connectivity index (χ1n) is 10.9. The second-order valence-corrected chi connectivity index (χ2v) is 7.73. The van der Waals surface area contributed by atoms with Gasteiger partial charge in [-0.25, -0.2) is 22.9 Å². The van der Waals surface area contributed by atoms with Gasteiger partial charge in [-0.2, -0.15) is 0 Å². The molecule has 0 aliphatic rings. The summed E-state index contributed by atoms with van der Waals surface area (Å²) in [6.45, 7) is -0.541. The van der Waals surface area contributed by atoms with E-state index in [0.717, 1.165) is 6.07 Å². The molecule has 0 aliphatic carbocycles. The Morgan fingerprint density at radius 3 is 2.71 bits per heavy atom. The molecule has 0 bridgehead atoms. The molecule has 0 radical (unpaired) electrons. The number of aliphatic hydroxyl groups is 1. The second-order valence-electron chi connectivity index (χ2n) is 7.73. The van der Waals surface area contributed by atoms with Crippen LogP contribution >= 0.6 is 0 Å². The van der Waals surface area contributed by atoms with E-state index >= 15 is 0 Å². The summed E-state index contributed by atoms with van der Waals surface area (Å²) >= 11 is 0. The van der Waals surface area contributed by atoms with Crippen molar-refractivity contribution >= 4 is 28.6 Å². The Hall–Kier alpha value is -3.70. The lowest BCUT2D eigenvalue weighted by Crippen LogP contribution is -2.43. The molecule has 4 N–H and O–H groups in total. The Balaban J connectivity index is 1.48. The number of rotatable bonds is 11. The zero-order valence-corrected chi connectivity index (χ0v) is 18.7. The fourth-order valence-corrected chi connectivity index (χ4v) is 3.31. The fourth-order valence-electron chi connectivity index (χ4n) is 3.31. The minimum absolute atomic E-state index is 0.0557. The molecule has 35 heavy (non-hydrogen) atoms. The third-order valence-corrected chi connectivity index (χ3v) is 5.04. The van der Waals surface area contributed by atoms with Crippen LogP contribution in [0, 0.1) is 17.5 Å². The lowest BCUT2D eigenvalue weighted by molar-refractivity contribution is -0.121. The van der Waals surface area contributed by atoms with Crippen molar-refractivity contribution in [3.8, 4) is 0 Å². The fraction of sp³-hybridized carbons (Fsp3) is 0.292. The summed E-state index contributed by atoms with van der Waals surface area (Å²) in [7, 11) is 0. The number of anilines is 1. The zero-order chi connectivity index (χ0) is 25.2. The van der Waals surface area contributed by atoms with Gasteiger partial charge in [0, 0.05) is 30.3 Å². The molecular weight excluding hydrogens is 465 g/mol. The molecule has 186 valence electrons. The number of hydrogen-bond acceptors (Lipinski definition) is 6. The number of carbonyl (C=O) groups excluding carboxylic acids is 2. The highest BCUT2D eigenvalue weighted by Crippen LogP contribution is 2.18. The van der Waals surface area contributed by atoms with Gasteiger partial charge in [-0.05, 0) is 48.6 Å². The number of hydrogen-bond donors (Lipinski definition) is 4. The van der Waals surface area contributed by atoms with Gasteiger partial charge in [0.05, 0.1) is 12.6 Å². The summed E-state index contributed by atoms with van der Waals surface area (Å²) in [5.41, 5.74) is 0.0830. The number of nitrogens with zero attached hydrogens (tertiary/aromatic N) is 1. The van der Waals surface area contributed by atoms with Gasteiger partial charge in [0.2, 0.25) is 5.91 Å². The zero-order valence-electron chi connectivity index (χ0n) is 18.7. The Kier molecular flexibility index (Phi) is 9.39. The number of carbonyl (C=O) groups is 2. The first-order valence-corrected chi connectivity index (χ1v) is 10.9. The van der Waals surface area contributed by atoms with Crippen molar-refractivity contribution in [2.45, 2.75) is 25.4 Å². The number of benzene rings is 2. The first-order chi connectivity index (χ1) is 16.9. The molecule has 1 heterocycles. The third kappa shape index (κ3) is 7.94. The van der Waals surface area contributed by atoms with E-state index < -0.39 is 35.5 Å². The van der Waals surface area contributed by atoms with Crippen LogP contribution in [-0.4, -0.2) is 47.9 Å². The SMILES string of the molecule is O=C(CNCc1cccc(F)c1F)N[C@@H](CCCO)COC(=O)Nc1cc2cc(F)ccc2cn1. The predicted octanol–water partition coefficient (Wildman–Crippen LogP) is 3.25. The maximum absolute atomic E-state index is 13.7. The standard InChI is InChI=1S/C24H25F3N4O4/c25-18-7-6-15-12-29-21(10-17(15)9-18)31-24(34)35-14-19(4-2-8-32)30-22(33)13-28-11-16-3-1-5-20(26)23(16)27/h1,3,5-7,9-10,12,19,28,32H,2,4,8,11,13-14H2,(H,30,33)(H,29,31,34)/t19-/m0/s1. The predicted molar refractivity (Wildman–Crippen MR) is 123 cm³/mol. The number of ether oxygens (including phenoxy) is 1. The van der Waals surface area contributed by atoms with E-state index in [1.54, 1.807) is 6.07 Å². The molecule has 0 fully saturated rings. The summed E-state index contributed by atoms with van der Waals surface area (Å²) < 4.78 is 45.5. The smallest absolute Gasteiger partial charge is 0.412 e. The third-order valence-electron chi connectivity index (χ3n) is 5.04. The van der Waals surface area contributed by atoms with E-state index in [1.807, 2.05) is 0 Å². The Labute approximate surface area is 199 Å². The molecule has 0 aliphatic heterocycles. The summed E-state index contributed by atoms with van der Waals surface area (Å²) in [6, 6.07) is 8.87. The number of nitrogens with one attached hydrogen (secondary N) is 3. The van der Waals surface area contributed by atoms with Crippen molar-refractivity contribution in [3.63, 3.8) is 0 Å². The number of aliphatic hydroxyl groups excluding tert-OH is 1. The lowest BCUT2D eigenvalue weighted by Gasteiger charge is -2.19. The van der Waals surface area contributed by atoms with E-state index in [2.05, 4.69) is 20.9 Å². The number of pyridine rings is 1. The van der Waals surface area contributed by atoms with E-state index in [1.165, 1.54) is 36.5 Å². The van der Waals surface area contributed by atoms with Crippen LogP contribution in [0.5, 0.6) is 0 Å². The van der Waals surface area contributed by atoms with Gasteiger partial charge in [0.25, 0.3) is 0 Å². The molecule has 8 nitrogen and oxygen atoms in total. The van der Waals surface area contributed by atoms with Crippen LogP contribution in [0.25, 0.3) is 10.8 Å². The normalized spacial score (nSPS) is 11.8. The minimum atomic E-state index is -0.980. The highest BCUT2D eigenvalue weighted by atomic mass is 19.2. The van der Waals surface area contributed by atoms with Crippen LogP contribution in [0.4, 0.5) is 23.8 Å². The van der Waals surface area contributed by atoms with Crippen molar-refractivity contribution in [3.05, 3.63) is 71.7 Å². The Bertz CT molecular complexity index is 1180.